The molecule has 0 radical (unpaired) electrons. The van der Waals surface area contributed by atoms with Crippen LogP contribution in [0, 0.1) is 0 Å². The summed E-state index contributed by atoms with van der Waals surface area (Å²) in [7, 11) is 0. The van der Waals surface area contributed by atoms with Gasteiger partial charge in [-0.3, -0.25) is 9.80 Å². The lowest BCUT2D eigenvalue weighted by molar-refractivity contribution is 0.0933. The minimum Gasteiger partial charge on any atom is -0.298 e. The Morgan fingerprint density at radius 3 is 1.43 bits per heavy atom. The molecule has 0 N–H and O–H groups in total. The summed E-state index contributed by atoms with van der Waals surface area (Å²) in [6.07, 6.45) is 8.86. The first-order valence-electron chi connectivity index (χ1n) is 6.41. The molecule has 2 aliphatic carbocycles. The van der Waals surface area contributed by atoms with Gasteiger partial charge >= 0.3 is 0 Å². The van der Waals surface area contributed by atoms with Gasteiger partial charge in [0.2, 0.25) is 0 Å². The summed E-state index contributed by atoms with van der Waals surface area (Å²) in [5.74, 6) is 0. The molecule has 1 saturated heterocycles. The van der Waals surface area contributed by atoms with Crippen molar-refractivity contribution < 1.29 is 0 Å². The summed E-state index contributed by atoms with van der Waals surface area (Å²) in [6, 6.07) is 1.94. The van der Waals surface area contributed by atoms with Gasteiger partial charge in [0, 0.05) is 38.3 Å². The third-order valence-electron chi connectivity index (χ3n) is 4.25. The molecule has 0 aromatic carbocycles. The predicted molar refractivity (Wildman–Crippen MR) is 58.4 cm³/mol. The number of rotatable bonds is 2. The third-order valence-corrected chi connectivity index (χ3v) is 4.25. The Hall–Kier alpha value is -0.0800. The van der Waals surface area contributed by atoms with Crippen LogP contribution in [0.4, 0.5) is 0 Å². The molecular weight excluding hydrogens is 172 g/mol. The highest BCUT2D eigenvalue weighted by atomic mass is 15.3. The van der Waals surface area contributed by atoms with Crippen molar-refractivity contribution >= 4 is 0 Å². The molecule has 0 amide bonds. The van der Waals surface area contributed by atoms with Gasteiger partial charge in [-0.2, -0.15) is 0 Å². The van der Waals surface area contributed by atoms with E-state index in [1.165, 1.54) is 64.7 Å². The number of nitrogens with zero attached hydrogens (tertiary/aromatic N) is 2. The molecule has 3 fully saturated rings. The van der Waals surface area contributed by atoms with E-state index in [0.717, 1.165) is 12.1 Å². The Kier molecular flexibility index (Phi) is 2.50. The summed E-state index contributed by atoms with van der Waals surface area (Å²) in [4.78, 5) is 5.47. The van der Waals surface area contributed by atoms with Crippen LogP contribution in [0.5, 0.6) is 0 Å². The van der Waals surface area contributed by atoms with E-state index in [0.29, 0.717) is 0 Å². The van der Waals surface area contributed by atoms with Crippen LogP contribution < -0.4 is 0 Å². The quantitative estimate of drug-likeness (QED) is 0.660. The second-order valence-electron chi connectivity index (χ2n) is 5.24. The first-order chi connectivity index (χ1) is 6.93. The first-order valence-corrected chi connectivity index (χ1v) is 6.41. The monoisotopic (exact) mass is 194 g/mol. The molecule has 3 rings (SSSR count). The van der Waals surface area contributed by atoms with E-state index >= 15 is 0 Å². The maximum atomic E-state index is 2.76. The van der Waals surface area contributed by atoms with Gasteiger partial charge in [0.05, 0.1) is 0 Å². The molecule has 14 heavy (non-hydrogen) atoms. The van der Waals surface area contributed by atoms with Gasteiger partial charge < -0.3 is 0 Å². The molecule has 0 atom stereocenters. The lowest BCUT2D eigenvalue weighted by atomic mass is 10.2. The lowest BCUT2D eigenvalue weighted by Gasteiger charge is -2.38. The van der Waals surface area contributed by atoms with Crippen molar-refractivity contribution in [2.75, 3.05) is 26.2 Å². The molecule has 0 aromatic heterocycles. The van der Waals surface area contributed by atoms with Crippen LogP contribution in [0.2, 0.25) is 0 Å². The van der Waals surface area contributed by atoms with Gasteiger partial charge in [0.15, 0.2) is 0 Å². The van der Waals surface area contributed by atoms with Crippen LogP contribution in [0.3, 0.4) is 0 Å². The maximum Gasteiger partial charge on any atom is 0.0113 e. The van der Waals surface area contributed by atoms with Crippen LogP contribution in [-0.2, 0) is 0 Å². The Morgan fingerprint density at radius 2 is 1.00 bits per heavy atom. The summed E-state index contributed by atoms with van der Waals surface area (Å²) < 4.78 is 0. The largest absolute Gasteiger partial charge is 0.298 e. The normalized spacial score (nSPS) is 32.6. The van der Waals surface area contributed by atoms with Crippen LogP contribution in [0.1, 0.15) is 38.5 Å². The van der Waals surface area contributed by atoms with Crippen molar-refractivity contribution in [3.8, 4) is 0 Å². The highest BCUT2D eigenvalue weighted by molar-refractivity contribution is 4.89. The molecule has 0 unspecified atom stereocenters. The highest BCUT2D eigenvalue weighted by Gasteiger charge is 2.33. The molecule has 1 aliphatic heterocycles. The average molecular weight is 194 g/mol. The molecule has 80 valence electrons. The van der Waals surface area contributed by atoms with Crippen molar-refractivity contribution in [2.45, 2.75) is 50.6 Å². The first kappa shape index (κ1) is 9.17. The number of hydrogen-bond donors (Lipinski definition) is 0. The Morgan fingerprint density at radius 1 is 0.571 bits per heavy atom. The van der Waals surface area contributed by atoms with E-state index in [9.17, 15) is 0 Å². The van der Waals surface area contributed by atoms with Gasteiger partial charge in [-0.1, -0.05) is 12.8 Å². The smallest absolute Gasteiger partial charge is 0.0113 e. The molecule has 0 spiro atoms. The summed E-state index contributed by atoms with van der Waals surface area (Å²) in [5, 5.41) is 0. The van der Waals surface area contributed by atoms with Crippen molar-refractivity contribution in [3.63, 3.8) is 0 Å². The summed E-state index contributed by atoms with van der Waals surface area (Å²) >= 11 is 0. The van der Waals surface area contributed by atoms with Gasteiger partial charge in [0.25, 0.3) is 0 Å². The fourth-order valence-electron chi connectivity index (χ4n) is 3.18. The molecule has 2 nitrogen and oxygen atoms in total. The van der Waals surface area contributed by atoms with Crippen molar-refractivity contribution in [1.29, 1.82) is 0 Å². The Bertz CT molecular complexity index is 186. The second-order valence-corrected chi connectivity index (χ2v) is 5.24. The van der Waals surface area contributed by atoms with Gasteiger partial charge in [-0.05, 0) is 25.7 Å². The SMILES string of the molecule is C1CCC(N2CCN(C3CC3)CC2)C1. The van der Waals surface area contributed by atoms with E-state index in [1.54, 1.807) is 0 Å². The van der Waals surface area contributed by atoms with E-state index in [-0.39, 0.29) is 0 Å². The molecule has 0 aromatic rings. The molecule has 3 aliphatic rings. The van der Waals surface area contributed by atoms with Crippen molar-refractivity contribution in [2.24, 2.45) is 0 Å². The fourth-order valence-corrected chi connectivity index (χ4v) is 3.18. The third kappa shape index (κ3) is 1.82. The lowest BCUT2D eigenvalue weighted by Crippen LogP contribution is -2.50. The molecule has 0 bridgehead atoms. The van der Waals surface area contributed by atoms with Gasteiger partial charge in [-0.25, -0.2) is 0 Å². The van der Waals surface area contributed by atoms with E-state index in [2.05, 4.69) is 9.80 Å². The minimum absolute atomic E-state index is 0.955. The van der Waals surface area contributed by atoms with Gasteiger partial charge in [0.1, 0.15) is 0 Å². The second kappa shape index (κ2) is 3.82. The molecule has 2 saturated carbocycles. The topological polar surface area (TPSA) is 6.48 Å². The summed E-state index contributed by atoms with van der Waals surface area (Å²) in [5.41, 5.74) is 0. The number of piperazine rings is 1. The van der Waals surface area contributed by atoms with E-state index < -0.39 is 0 Å². The zero-order chi connectivity index (χ0) is 9.38. The van der Waals surface area contributed by atoms with E-state index in [1.807, 2.05) is 0 Å². The van der Waals surface area contributed by atoms with Crippen LogP contribution in [-0.4, -0.2) is 48.1 Å². The van der Waals surface area contributed by atoms with Crippen LogP contribution in [0.25, 0.3) is 0 Å². The molecule has 2 heteroatoms. The zero-order valence-electron chi connectivity index (χ0n) is 9.12. The van der Waals surface area contributed by atoms with Crippen molar-refractivity contribution in [1.82, 2.24) is 9.80 Å². The van der Waals surface area contributed by atoms with E-state index in [4.69, 9.17) is 0 Å². The number of hydrogen-bond acceptors (Lipinski definition) is 2. The Balaban J connectivity index is 1.49. The Labute approximate surface area is 87.3 Å². The summed E-state index contributed by atoms with van der Waals surface area (Å²) in [6.45, 7) is 5.39. The van der Waals surface area contributed by atoms with Crippen LogP contribution >= 0.6 is 0 Å². The van der Waals surface area contributed by atoms with Gasteiger partial charge in [-0.15, -0.1) is 0 Å². The predicted octanol–water partition coefficient (Wildman–Crippen LogP) is 1.71. The van der Waals surface area contributed by atoms with Crippen LogP contribution in [0.15, 0.2) is 0 Å². The highest BCUT2D eigenvalue weighted by Crippen LogP contribution is 2.29. The zero-order valence-corrected chi connectivity index (χ0v) is 9.12. The average Bonchev–Trinajstić information content (AvgIpc) is 2.94. The molecule has 1 heterocycles. The standard InChI is InChI=1S/C12H22N2/c1-2-4-11(3-1)13-7-9-14(10-8-13)12-5-6-12/h11-12H,1-10H2. The maximum absolute atomic E-state index is 2.76. The van der Waals surface area contributed by atoms with Crippen molar-refractivity contribution in [3.05, 3.63) is 0 Å². The fraction of sp³-hybridized carbons (Fsp3) is 1.00. The minimum atomic E-state index is 0.955. The molecular formula is C12H22N2.